The van der Waals surface area contributed by atoms with Crippen molar-refractivity contribution in [2.75, 3.05) is 32.0 Å². The standard InChI is InChI=1S/C30H47NO4S/c1-28-10-7-23(36-19-22(32)17-31-13-3-4-14-31)16-21(28)5-6-26-25(28)8-11-29(2)24(9-12-30(26,29)34)20-15-27(33)35-18-20/h15,21-26,32,34H,3-14,16-19H2,1-2H3/t21-,22?,23+,24-,25+,26-,28+,29-,30+/m1/s1. The van der Waals surface area contributed by atoms with Gasteiger partial charge < -0.3 is 19.8 Å². The largest absolute Gasteiger partial charge is 0.458 e. The molecule has 4 aliphatic carbocycles. The van der Waals surface area contributed by atoms with Crippen LogP contribution in [0, 0.1) is 34.5 Å². The first-order valence-corrected chi connectivity index (χ1v) is 15.9. The van der Waals surface area contributed by atoms with E-state index in [1.54, 1.807) is 6.08 Å². The first kappa shape index (κ1) is 25.7. The summed E-state index contributed by atoms with van der Waals surface area (Å²) in [6.07, 6.45) is 14.4. The highest BCUT2D eigenvalue weighted by molar-refractivity contribution is 7.99. The van der Waals surface area contributed by atoms with E-state index in [9.17, 15) is 15.0 Å². The van der Waals surface area contributed by atoms with E-state index in [0.717, 1.165) is 62.6 Å². The average molecular weight is 518 g/mol. The van der Waals surface area contributed by atoms with Crippen molar-refractivity contribution >= 4 is 17.7 Å². The van der Waals surface area contributed by atoms with E-state index in [-0.39, 0.29) is 23.4 Å². The molecule has 0 bridgehead atoms. The Kier molecular flexibility index (Phi) is 6.83. The van der Waals surface area contributed by atoms with Crippen LogP contribution >= 0.6 is 11.8 Å². The summed E-state index contributed by atoms with van der Waals surface area (Å²) in [5, 5.41) is 23.7. The van der Waals surface area contributed by atoms with E-state index < -0.39 is 5.60 Å². The fourth-order valence-corrected chi connectivity index (χ4v) is 11.3. The summed E-state index contributed by atoms with van der Waals surface area (Å²) < 4.78 is 5.27. The molecule has 9 atom stereocenters. The molecule has 2 aliphatic heterocycles. The van der Waals surface area contributed by atoms with Crippen molar-refractivity contribution in [3.8, 4) is 0 Å². The molecule has 2 heterocycles. The van der Waals surface area contributed by atoms with Crippen molar-refractivity contribution in [1.29, 1.82) is 0 Å². The number of esters is 1. The minimum Gasteiger partial charge on any atom is -0.458 e. The fraction of sp³-hybridized carbons (Fsp3) is 0.900. The molecular weight excluding hydrogens is 470 g/mol. The molecule has 0 spiro atoms. The third-order valence-electron chi connectivity index (χ3n) is 12.1. The van der Waals surface area contributed by atoms with Crippen LogP contribution < -0.4 is 0 Å². The van der Waals surface area contributed by atoms with Gasteiger partial charge in [-0.05, 0) is 118 Å². The van der Waals surface area contributed by atoms with E-state index in [0.29, 0.717) is 29.1 Å². The SMILES string of the molecule is C[C@]12CC[C@H](SCC(O)CN3CCCC3)C[C@H]1CC[C@@H]1[C@@H]2CC[C@]2(C)[C@@H](C3=CC(=O)OC3)CC[C@]12O. The maximum absolute atomic E-state index is 12.4. The Morgan fingerprint density at radius 2 is 1.89 bits per heavy atom. The second-order valence-corrected chi connectivity index (χ2v) is 15.0. The smallest absolute Gasteiger partial charge is 0.331 e. The summed E-state index contributed by atoms with van der Waals surface area (Å²) in [5.41, 5.74) is 0.693. The van der Waals surface area contributed by atoms with Gasteiger partial charge in [0.2, 0.25) is 0 Å². The predicted octanol–water partition coefficient (Wildman–Crippen LogP) is 4.80. The highest BCUT2D eigenvalue weighted by Crippen LogP contribution is 2.70. The van der Waals surface area contributed by atoms with Crippen molar-refractivity contribution in [3.63, 3.8) is 0 Å². The van der Waals surface area contributed by atoms with Crippen molar-refractivity contribution < 1.29 is 19.7 Å². The number of cyclic esters (lactones) is 1. The fourth-order valence-electron chi connectivity index (χ4n) is 10.1. The van der Waals surface area contributed by atoms with Crippen LogP contribution in [0.5, 0.6) is 0 Å². The third kappa shape index (κ3) is 4.12. The molecule has 0 aromatic heterocycles. The number of fused-ring (bicyclic) bond motifs is 5. The molecule has 0 amide bonds. The van der Waals surface area contributed by atoms with Crippen molar-refractivity contribution in [1.82, 2.24) is 4.90 Å². The van der Waals surface area contributed by atoms with Crippen LogP contribution in [0.25, 0.3) is 0 Å². The lowest BCUT2D eigenvalue weighted by atomic mass is 9.43. The highest BCUT2D eigenvalue weighted by atomic mass is 32.2. The van der Waals surface area contributed by atoms with Crippen molar-refractivity contribution in [3.05, 3.63) is 11.6 Å². The minimum absolute atomic E-state index is 0.143. The number of carbonyl (C=O) groups is 1. The Balaban J connectivity index is 1.10. The average Bonchev–Trinajstić information content (AvgIpc) is 3.57. The number of rotatable bonds is 6. The Labute approximate surface area is 221 Å². The first-order chi connectivity index (χ1) is 17.2. The van der Waals surface area contributed by atoms with E-state index in [2.05, 4.69) is 18.7 Å². The third-order valence-corrected chi connectivity index (χ3v) is 13.6. The molecule has 1 saturated heterocycles. The van der Waals surface area contributed by atoms with Gasteiger partial charge in [-0.1, -0.05) is 13.8 Å². The molecule has 0 aromatic carbocycles. The van der Waals surface area contributed by atoms with Crippen LogP contribution in [0.3, 0.4) is 0 Å². The van der Waals surface area contributed by atoms with Crippen LogP contribution in [-0.4, -0.2) is 70.0 Å². The van der Waals surface area contributed by atoms with E-state index in [1.807, 2.05) is 11.8 Å². The first-order valence-electron chi connectivity index (χ1n) is 14.8. The van der Waals surface area contributed by atoms with Gasteiger partial charge in [-0.3, -0.25) is 0 Å². The number of aliphatic hydroxyl groups is 2. The molecular formula is C30H47NO4S. The molecule has 202 valence electrons. The molecule has 0 aromatic rings. The summed E-state index contributed by atoms with van der Waals surface area (Å²) >= 11 is 2.03. The Bertz CT molecular complexity index is 888. The summed E-state index contributed by atoms with van der Waals surface area (Å²) in [4.78, 5) is 14.2. The number of ether oxygens (including phenoxy) is 1. The number of likely N-dealkylation sites (tertiary alicyclic amines) is 1. The number of nitrogens with zero attached hydrogens (tertiary/aromatic N) is 1. The topological polar surface area (TPSA) is 70.0 Å². The van der Waals surface area contributed by atoms with E-state index in [4.69, 9.17) is 4.74 Å². The number of aliphatic hydroxyl groups excluding tert-OH is 1. The molecule has 6 aliphatic rings. The van der Waals surface area contributed by atoms with E-state index in [1.165, 1.54) is 44.9 Å². The number of β-amino-alcohol motifs (C(OH)–C–C–N with tert-alkyl or cyclic N) is 1. The number of thioether (sulfide) groups is 1. The monoisotopic (exact) mass is 517 g/mol. The van der Waals surface area contributed by atoms with Gasteiger partial charge in [-0.25, -0.2) is 4.79 Å². The van der Waals surface area contributed by atoms with Crippen molar-refractivity contribution in [2.24, 2.45) is 34.5 Å². The lowest BCUT2D eigenvalue weighted by Crippen LogP contribution is -2.62. The maximum Gasteiger partial charge on any atom is 0.331 e. The predicted molar refractivity (Wildman–Crippen MR) is 144 cm³/mol. The lowest BCUT2D eigenvalue weighted by Gasteiger charge is -2.64. The number of carbonyl (C=O) groups excluding carboxylic acids is 1. The maximum atomic E-state index is 12.4. The van der Waals surface area contributed by atoms with Gasteiger partial charge in [0.25, 0.3) is 0 Å². The second kappa shape index (κ2) is 9.57. The molecule has 0 radical (unpaired) electrons. The summed E-state index contributed by atoms with van der Waals surface area (Å²) in [5.74, 6) is 2.68. The quantitative estimate of drug-likeness (QED) is 0.493. The van der Waals surface area contributed by atoms with Crippen molar-refractivity contribution in [2.45, 2.75) is 101 Å². The molecule has 2 N–H and O–H groups in total. The van der Waals surface area contributed by atoms with Crippen LogP contribution in [0.4, 0.5) is 0 Å². The van der Waals surface area contributed by atoms with Crippen LogP contribution in [0.1, 0.15) is 84.5 Å². The van der Waals surface area contributed by atoms with Gasteiger partial charge in [-0.15, -0.1) is 0 Å². The summed E-state index contributed by atoms with van der Waals surface area (Å²) in [7, 11) is 0. The molecule has 4 saturated carbocycles. The number of hydrogen-bond donors (Lipinski definition) is 2. The molecule has 36 heavy (non-hydrogen) atoms. The van der Waals surface area contributed by atoms with E-state index >= 15 is 0 Å². The highest BCUT2D eigenvalue weighted by Gasteiger charge is 2.67. The second-order valence-electron chi connectivity index (χ2n) is 13.7. The van der Waals surface area contributed by atoms with Crippen LogP contribution in [-0.2, 0) is 9.53 Å². The zero-order chi connectivity index (χ0) is 25.1. The Hall–Kier alpha value is -0.560. The Morgan fingerprint density at radius 1 is 1.08 bits per heavy atom. The van der Waals surface area contributed by atoms with Crippen LogP contribution in [0.15, 0.2) is 11.6 Å². The Morgan fingerprint density at radius 3 is 2.64 bits per heavy atom. The molecule has 6 rings (SSSR count). The lowest BCUT2D eigenvalue weighted by molar-refractivity contribution is -0.203. The van der Waals surface area contributed by atoms with Gasteiger partial charge >= 0.3 is 5.97 Å². The zero-order valence-corrected chi connectivity index (χ0v) is 23.2. The minimum atomic E-state index is -0.619. The van der Waals surface area contributed by atoms with Gasteiger partial charge in [-0.2, -0.15) is 11.8 Å². The number of hydrogen-bond acceptors (Lipinski definition) is 6. The normalized spacial score (nSPS) is 47.6. The van der Waals surface area contributed by atoms with Gasteiger partial charge in [0.1, 0.15) is 6.61 Å². The molecule has 5 nitrogen and oxygen atoms in total. The summed E-state index contributed by atoms with van der Waals surface area (Å²) in [6.45, 7) is 8.46. The molecule has 5 fully saturated rings. The van der Waals surface area contributed by atoms with Gasteiger partial charge in [0.05, 0.1) is 11.7 Å². The summed E-state index contributed by atoms with van der Waals surface area (Å²) in [6, 6.07) is 0. The van der Waals surface area contributed by atoms with Crippen LogP contribution in [0.2, 0.25) is 0 Å². The van der Waals surface area contributed by atoms with Gasteiger partial charge in [0, 0.05) is 29.0 Å². The molecule has 1 unspecified atom stereocenters. The van der Waals surface area contributed by atoms with Gasteiger partial charge in [0.15, 0.2) is 0 Å². The zero-order valence-electron chi connectivity index (χ0n) is 22.4. The molecule has 6 heteroatoms.